The van der Waals surface area contributed by atoms with Gasteiger partial charge in [0.2, 0.25) is 0 Å². The van der Waals surface area contributed by atoms with E-state index < -0.39 is 29.4 Å². The molecule has 288 valence electrons. The fourth-order valence-corrected chi connectivity index (χ4v) is 13.0. The first-order chi connectivity index (χ1) is 24.2. The topological polar surface area (TPSA) is 139 Å². The van der Waals surface area contributed by atoms with Crippen LogP contribution in [0.15, 0.2) is 29.9 Å². The Morgan fingerprint density at radius 1 is 0.942 bits per heavy atom. The molecular weight excluding hydrogens is 654 g/mol. The highest BCUT2D eigenvalue weighted by Crippen LogP contribution is 2.75. The first-order valence-corrected chi connectivity index (χ1v) is 20.1. The Hall–Kier alpha value is -2.65. The number of aliphatic hydroxyl groups is 1. The molecule has 0 aliphatic heterocycles. The van der Waals surface area contributed by atoms with Gasteiger partial charge in [-0.2, -0.15) is 0 Å². The third-order valence-corrected chi connectivity index (χ3v) is 16.0. The second kappa shape index (κ2) is 13.6. The molecule has 1 heterocycles. The number of fused-ring (bicyclic) bond motifs is 7. The SMILES string of the molecule is CC(C)C1=C2C(CC[C@]3(C)[C@@H]2CC[C@@H]2[C@@]4(C)CC[C@H](OC(=O)CC(C)(C)C(=O)O)C(C)(C)[C@@H]4CC[C@]23C)[C@H]([C@@H](O)CN[C@H](C)c2cncnc2)C1=O. The van der Waals surface area contributed by atoms with Crippen LogP contribution in [0.2, 0.25) is 0 Å². The van der Waals surface area contributed by atoms with Crippen LogP contribution in [-0.2, 0) is 19.1 Å². The van der Waals surface area contributed by atoms with Gasteiger partial charge in [-0.25, -0.2) is 9.97 Å². The van der Waals surface area contributed by atoms with E-state index in [1.807, 2.05) is 6.92 Å². The second-order valence-electron chi connectivity index (χ2n) is 19.7. The predicted molar refractivity (Wildman–Crippen MR) is 200 cm³/mol. The molecule has 0 amide bonds. The Balaban J connectivity index is 1.22. The van der Waals surface area contributed by atoms with Gasteiger partial charge < -0.3 is 20.3 Å². The molecule has 1 aromatic rings. The van der Waals surface area contributed by atoms with Crippen molar-refractivity contribution in [1.82, 2.24) is 15.3 Å². The van der Waals surface area contributed by atoms with Gasteiger partial charge in [0.05, 0.1) is 23.9 Å². The molecule has 6 rings (SSSR count). The maximum absolute atomic E-state index is 14.4. The lowest BCUT2D eigenvalue weighted by atomic mass is 9.33. The van der Waals surface area contributed by atoms with Crippen molar-refractivity contribution in [2.75, 3.05) is 6.54 Å². The molecule has 9 nitrogen and oxygen atoms in total. The van der Waals surface area contributed by atoms with Gasteiger partial charge in [-0.05, 0) is 124 Å². The lowest BCUT2D eigenvalue weighted by Gasteiger charge is -2.71. The number of carboxylic acids is 1. The molecular formula is C43H65N3O6. The maximum Gasteiger partial charge on any atom is 0.309 e. The summed E-state index contributed by atoms with van der Waals surface area (Å²) in [6, 6.07) is -0.0399. The van der Waals surface area contributed by atoms with Gasteiger partial charge in [0.1, 0.15) is 12.4 Å². The number of nitrogens with zero attached hydrogens (tertiary/aromatic N) is 2. The Morgan fingerprint density at radius 3 is 2.23 bits per heavy atom. The van der Waals surface area contributed by atoms with Crippen molar-refractivity contribution in [1.29, 1.82) is 0 Å². The first-order valence-electron chi connectivity index (χ1n) is 20.1. The fraction of sp³-hybridized carbons (Fsp3) is 0.791. The predicted octanol–water partition coefficient (Wildman–Crippen LogP) is 7.74. The molecule has 0 radical (unpaired) electrons. The largest absolute Gasteiger partial charge is 0.481 e. The number of carbonyl (C=O) groups is 3. The maximum atomic E-state index is 14.4. The van der Waals surface area contributed by atoms with Gasteiger partial charge in [-0.3, -0.25) is 14.4 Å². The van der Waals surface area contributed by atoms with Crippen LogP contribution < -0.4 is 5.32 Å². The molecule has 0 bridgehead atoms. The van der Waals surface area contributed by atoms with E-state index in [0.717, 1.165) is 62.5 Å². The van der Waals surface area contributed by atoms with E-state index in [1.165, 1.54) is 11.9 Å². The van der Waals surface area contributed by atoms with Crippen LogP contribution in [0.25, 0.3) is 0 Å². The van der Waals surface area contributed by atoms with Crippen LogP contribution in [0.1, 0.15) is 139 Å². The zero-order chi connectivity index (χ0) is 38.2. The Labute approximate surface area is 311 Å². The van der Waals surface area contributed by atoms with E-state index >= 15 is 0 Å². The summed E-state index contributed by atoms with van der Waals surface area (Å²) >= 11 is 0. The van der Waals surface area contributed by atoms with E-state index in [1.54, 1.807) is 26.2 Å². The monoisotopic (exact) mass is 719 g/mol. The van der Waals surface area contributed by atoms with Crippen LogP contribution in [0, 0.1) is 62.6 Å². The van der Waals surface area contributed by atoms with E-state index in [9.17, 15) is 24.6 Å². The quantitative estimate of drug-likeness (QED) is 0.207. The molecule has 52 heavy (non-hydrogen) atoms. The second-order valence-corrected chi connectivity index (χ2v) is 19.7. The van der Waals surface area contributed by atoms with E-state index in [-0.39, 0.29) is 57.8 Å². The van der Waals surface area contributed by atoms with E-state index in [4.69, 9.17) is 4.74 Å². The normalized spacial score (nSPS) is 38.1. The number of Topliss-reactive ketones (excluding diaryl/α,β-unsaturated/α-hetero) is 1. The molecule has 1 aromatic heterocycles. The Kier molecular flexibility index (Phi) is 10.2. The molecule has 0 saturated heterocycles. The number of carboxylic acid groups (broad SMARTS) is 1. The number of allylic oxidation sites excluding steroid dienone is 2. The van der Waals surface area contributed by atoms with Crippen molar-refractivity contribution in [3.63, 3.8) is 0 Å². The van der Waals surface area contributed by atoms with Crippen molar-refractivity contribution in [3.8, 4) is 0 Å². The van der Waals surface area contributed by atoms with Crippen LogP contribution in [0.5, 0.6) is 0 Å². The molecule has 0 aromatic carbocycles. The van der Waals surface area contributed by atoms with Crippen molar-refractivity contribution in [3.05, 3.63) is 35.4 Å². The highest BCUT2D eigenvalue weighted by molar-refractivity contribution is 6.02. The summed E-state index contributed by atoms with van der Waals surface area (Å²) in [5.41, 5.74) is 2.11. The summed E-state index contributed by atoms with van der Waals surface area (Å²) < 4.78 is 6.16. The minimum Gasteiger partial charge on any atom is -0.481 e. The van der Waals surface area contributed by atoms with Gasteiger partial charge in [0.15, 0.2) is 5.78 Å². The number of aliphatic carboxylic acids is 1. The minimum absolute atomic E-state index is 0.0337. The standard InChI is InChI=1S/C43H65N3O6/c1-24(2)34-35-27(36(37(34)49)29(47)22-46-25(3)26-20-44-23-45-21-26)13-17-42(9)28(35)11-12-31-41(8)16-15-32(52-33(48)19-39(4,5)38(50)51)40(6,7)30(41)14-18-43(31,42)10/h20-21,23-25,27-32,36,46-47H,11-19,22H2,1-10H3,(H,50,51)/t25-,27?,28-,29+,30+,31-,32+,36-,41+,42-,43-/m1/s1. The number of rotatable bonds is 10. The van der Waals surface area contributed by atoms with Crippen LogP contribution >= 0.6 is 0 Å². The lowest BCUT2D eigenvalue weighted by molar-refractivity contribution is -0.232. The number of aliphatic hydroxyl groups excluding tert-OH is 1. The van der Waals surface area contributed by atoms with Crippen LogP contribution in [0.4, 0.5) is 0 Å². The molecule has 9 heteroatoms. The van der Waals surface area contributed by atoms with Crippen LogP contribution in [-0.4, -0.2) is 56.7 Å². The molecule has 5 aliphatic carbocycles. The number of hydrogen-bond donors (Lipinski definition) is 3. The Morgan fingerprint density at radius 2 is 1.60 bits per heavy atom. The lowest BCUT2D eigenvalue weighted by Crippen LogP contribution is -2.65. The number of carbonyl (C=O) groups excluding carboxylic acids is 2. The summed E-state index contributed by atoms with van der Waals surface area (Å²) in [6.45, 7) is 22.0. The minimum atomic E-state index is -1.16. The number of ether oxygens (including phenoxy) is 1. The molecule has 3 N–H and O–H groups in total. The average molecular weight is 720 g/mol. The van der Waals surface area contributed by atoms with Gasteiger partial charge >= 0.3 is 11.9 Å². The first kappa shape index (κ1) is 39.1. The van der Waals surface area contributed by atoms with Gasteiger partial charge in [0.25, 0.3) is 0 Å². The zero-order valence-electron chi connectivity index (χ0n) is 33.4. The third kappa shape index (κ3) is 6.08. The smallest absolute Gasteiger partial charge is 0.309 e. The number of esters is 1. The van der Waals surface area contributed by atoms with Crippen molar-refractivity contribution < 1.29 is 29.3 Å². The van der Waals surface area contributed by atoms with Gasteiger partial charge in [-0.15, -0.1) is 0 Å². The summed E-state index contributed by atoms with van der Waals surface area (Å²) in [7, 11) is 0. The van der Waals surface area contributed by atoms with Gasteiger partial charge in [0, 0.05) is 36.0 Å². The van der Waals surface area contributed by atoms with Crippen molar-refractivity contribution in [2.45, 2.75) is 145 Å². The third-order valence-electron chi connectivity index (χ3n) is 16.0. The van der Waals surface area contributed by atoms with E-state index in [0.29, 0.717) is 24.3 Å². The Bertz CT molecular complexity index is 1590. The summed E-state index contributed by atoms with van der Waals surface area (Å²) in [5.74, 6) is -0.265. The van der Waals surface area contributed by atoms with Gasteiger partial charge in [-0.1, -0.05) is 54.0 Å². The molecule has 0 spiro atoms. The molecule has 4 fully saturated rings. The fourth-order valence-electron chi connectivity index (χ4n) is 13.0. The average Bonchev–Trinajstić information content (AvgIpc) is 3.37. The summed E-state index contributed by atoms with van der Waals surface area (Å²) in [5, 5.41) is 24.8. The molecule has 4 saturated carbocycles. The van der Waals surface area contributed by atoms with Crippen molar-refractivity contribution in [2.24, 2.45) is 62.6 Å². The van der Waals surface area contributed by atoms with E-state index in [2.05, 4.69) is 63.8 Å². The van der Waals surface area contributed by atoms with Crippen LogP contribution in [0.3, 0.4) is 0 Å². The summed E-state index contributed by atoms with van der Waals surface area (Å²) in [6.07, 6.45) is 12.0. The highest BCUT2D eigenvalue weighted by Gasteiger charge is 2.69. The molecule has 11 atom stereocenters. The molecule has 5 aliphatic rings. The number of aromatic nitrogens is 2. The highest BCUT2D eigenvalue weighted by atomic mass is 16.5. The number of nitrogens with one attached hydrogen (secondary N) is 1. The van der Waals surface area contributed by atoms with Crippen molar-refractivity contribution >= 4 is 17.7 Å². The summed E-state index contributed by atoms with van der Waals surface area (Å²) in [4.78, 5) is 47.5. The number of ketones is 1. The zero-order valence-corrected chi connectivity index (χ0v) is 33.4. The molecule has 1 unspecified atom stereocenters. The number of hydrogen-bond acceptors (Lipinski definition) is 8.